The summed E-state index contributed by atoms with van der Waals surface area (Å²) in [5, 5.41) is 0. The lowest BCUT2D eigenvalue weighted by Crippen LogP contribution is -2.42. The number of ether oxygens (including phenoxy) is 2. The molecule has 170 valence electrons. The lowest BCUT2D eigenvalue weighted by molar-refractivity contribution is 0.100. The molecule has 0 N–H and O–H groups in total. The van der Waals surface area contributed by atoms with E-state index >= 15 is 0 Å². The van der Waals surface area contributed by atoms with Crippen LogP contribution < -0.4 is 9.47 Å². The predicted molar refractivity (Wildman–Crippen MR) is 118 cm³/mol. The second kappa shape index (κ2) is 10.1. The van der Waals surface area contributed by atoms with E-state index in [1.54, 1.807) is 6.07 Å². The molecule has 0 atom stereocenters. The highest BCUT2D eigenvalue weighted by Gasteiger charge is 2.28. The van der Waals surface area contributed by atoms with Crippen LogP contribution in [-0.4, -0.2) is 54.9 Å². The lowest BCUT2D eigenvalue weighted by Gasteiger charge is -2.36. The molecule has 0 saturated carbocycles. The number of carbonyl (C=O) groups excluding carboxylic acids is 1. The third-order valence-electron chi connectivity index (χ3n) is 6.06. The SMILES string of the molecule is CN(C=C1Oc2ccccc2C1=O)C1CCN(CCCCOc2ccc(F)c(F)c2)CC1. The second-order valence-corrected chi connectivity index (χ2v) is 8.29. The third kappa shape index (κ3) is 5.27. The molecular formula is C25H28F2N2O3. The lowest BCUT2D eigenvalue weighted by atomic mass is 10.0. The third-order valence-corrected chi connectivity index (χ3v) is 6.06. The Kier molecular flexibility index (Phi) is 7.05. The highest BCUT2D eigenvalue weighted by Crippen LogP contribution is 2.31. The molecule has 1 fully saturated rings. The van der Waals surface area contributed by atoms with Gasteiger partial charge in [0.1, 0.15) is 11.5 Å². The van der Waals surface area contributed by atoms with E-state index in [2.05, 4.69) is 9.80 Å². The van der Waals surface area contributed by atoms with Crippen molar-refractivity contribution in [2.24, 2.45) is 0 Å². The van der Waals surface area contributed by atoms with Crippen molar-refractivity contribution >= 4 is 5.78 Å². The summed E-state index contributed by atoms with van der Waals surface area (Å²) in [4.78, 5) is 17.0. The summed E-state index contributed by atoms with van der Waals surface area (Å²) in [6, 6.07) is 11.3. The standard InChI is InChI=1S/C25H28F2N2O3/c1-28(17-24-25(30)20-6-2-3-7-23(20)32-24)18-10-13-29(14-11-18)12-4-5-15-31-19-8-9-21(26)22(27)16-19/h2-3,6-9,16-18H,4-5,10-15H2,1H3. The summed E-state index contributed by atoms with van der Waals surface area (Å²) >= 11 is 0. The van der Waals surface area contributed by atoms with Crippen molar-refractivity contribution in [1.82, 2.24) is 9.80 Å². The molecule has 4 rings (SSSR count). The van der Waals surface area contributed by atoms with Gasteiger partial charge in [-0.1, -0.05) is 12.1 Å². The molecule has 7 heteroatoms. The molecule has 0 amide bonds. The number of benzene rings is 2. The molecule has 0 aromatic heterocycles. The van der Waals surface area contributed by atoms with Gasteiger partial charge in [-0.15, -0.1) is 0 Å². The number of fused-ring (bicyclic) bond motifs is 1. The van der Waals surface area contributed by atoms with Gasteiger partial charge in [-0.05, 0) is 56.5 Å². The molecule has 5 nitrogen and oxygen atoms in total. The number of para-hydroxylation sites is 1. The number of allylic oxidation sites excluding steroid dienone is 1. The van der Waals surface area contributed by atoms with Gasteiger partial charge in [-0.3, -0.25) is 4.79 Å². The van der Waals surface area contributed by atoms with Crippen LogP contribution in [0.4, 0.5) is 8.78 Å². The Labute approximate surface area is 187 Å². The van der Waals surface area contributed by atoms with E-state index in [9.17, 15) is 13.6 Å². The van der Waals surface area contributed by atoms with E-state index in [0.29, 0.717) is 35.5 Å². The molecule has 2 aliphatic heterocycles. The van der Waals surface area contributed by atoms with E-state index in [-0.39, 0.29) is 5.78 Å². The number of piperidine rings is 1. The quantitative estimate of drug-likeness (QED) is 0.440. The first kappa shape index (κ1) is 22.3. The minimum Gasteiger partial charge on any atom is -0.493 e. The van der Waals surface area contributed by atoms with Crippen molar-refractivity contribution < 1.29 is 23.0 Å². The molecular weight excluding hydrogens is 414 g/mol. The summed E-state index contributed by atoms with van der Waals surface area (Å²) in [5.74, 6) is -0.447. The summed E-state index contributed by atoms with van der Waals surface area (Å²) in [5.41, 5.74) is 0.621. The maximum Gasteiger partial charge on any atom is 0.233 e. The van der Waals surface area contributed by atoms with Crippen LogP contribution in [0.5, 0.6) is 11.5 Å². The molecule has 2 aliphatic rings. The largest absolute Gasteiger partial charge is 0.493 e. The molecule has 2 aromatic carbocycles. The topological polar surface area (TPSA) is 42.0 Å². The molecule has 0 unspecified atom stereocenters. The van der Waals surface area contributed by atoms with E-state index in [0.717, 1.165) is 57.5 Å². The van der Waals surface area contributed by atoms with Crippen molar-refractivity contribution in [3.05, 3.63) is 71.6 Å². The Morgan fingerprint density at radius 3 is 2.66 bits per heavy atom. The fourth-order valence-corrected chi connectivity index (χ4v) is 4.16. The van der Waals surface area contributed by atoms with Gasteiger partial charge in [0.25, 0.3) is 0 Å². The first-order valence-electron chi connectivity index (χ1n) is 11.1. The highest BCUT2D eigenvalue weighted by atomic mass is 19.2. The molecule has 0 radical (unpaired) electrons. The molecule has 2 heterocycles. The van der Waals surface area contributed by atoms with Gasteiger partial charge in [-0.25, -0.2) is 8.78 Å². The van der Waals surface area contributed by atoms with Crippen molar-refractivity contribution in [2.75, 3.05) is 33.3 Å². The summed E-state index contributed by atoms with van der Waals surface area (Å²) in [6.45, 7) is 3.46. The number of rotatable bonds is 8. The Bertz CT molecular complexity index is 987. The zero-order chi connectivity index (χ0) is 22.5. The van der Waals surface area contributed by atoms with Crippen molar-refractivity contribution in [2.45, 2.75) is 31.7 Å². The number of likely N-dealkylation sites (tertiary alicyclic amines) is 1. The monoisotopic (exact) mass is 442 g/mol. The summed E-state index contributed by atoms with van der Waals surface area (Å²) < 4.78 is 37.4. The number of hydrogen-bond acceptors (Lipinski definition) is 5. The number of unbranched alkanes of at least 4 members (excludes halogenated alkanes) is 1. The smallest absolute Gasteiger partial charge is 0.233 e. The minimum absolute atomic E-state index is 0.0597. The number of hydrogen-bond donors (Lipinski definition) is 0. The van der Waals surface area contributed by atoms with Crippen LogP contribution in [0.15, 0.2) is 54.4 Å². The number of carbonyl (C=O) groups is 1. The number of halogens is 2. The highest BCUT2D eigenvalue weighted by molar-refractivity contribution is 6.12. The van der Waals surface area contributed by atoms with Crippen LogP contribution in [0.1, 0.15) is 36.0 Å². The maximum absolute atomic E-state index is 13.2. The molecule has 1 saturated heterocycles. The molecule has 32 heavy (non-hydrogen) atoms. The van der Waals surface area contributed by atoms with E-state index in [1.165, 1.54) is 6.07 Å². The normalized spacial score (nSPS) is 18.0. The summed E-state index contributed by atoms with van der Waals surface area (Å²) in [6.07, 6.45) is 5.71. The molecule has 0 aliphatic carbocycles. The number of ketones is 1. The summed E-state index contributed by atoms with van der Waals surface area (Å²) in [7, 11) is 2.00. The van der Waals surface area contributed by atoms with Gasteiger partial charge in [0.15, 0.2) is 17.4 Å². The average molecular weight is 443 g/mol. The molecule has 0 spiro atoms. The van der Waals surface area contributed by atoms with Crippen LogP contribution in [0.2, 0.25) is 0 Å². The van der Waals surface area contributed by atoms with Crippen LogP contribution in [0, 0.1) is 11.6 Å². The fraction of sp³-hybridized carbons (Fsp3) is 0.400. The second-order valence-electron chi connectivity index (χ2n) is 8.29. The Balaban J connectivity index is 1.15. The van der Waals surface area contributed by atoms with E-state index in [4.69, 9.17) is 9.47 Å². The van der Waals surface area contributed by atoms with Gasteiger partial charge in [0.2, 0.25) is 5.78 Å². The number of Topliss-reactive ketones (excluding diaryl/α,β-unsaturated/α-hetero) is 1. The zero-order valence-electron chi connectivity index (χ0n) is 18.2. The average Bonchev–Trinajstić information content (AvgIpc) is 3.11. The first-order chi connectivity index (χ1) is 15.5. The molecule has 0 bridgehead atoms. The molecule has 2 aromatic rings. The zero-order valence-corrected chi connectivity index (χ0v) is 18.2. The van der Waals surface area contributed by atoms with E-state index in [1.807, 2.05) is 31.4 Å². The Morgan fingerprint density at radius 1 is 1.12 bits per heavy atom. The van der Waals surface area contributed by atoms with Gasteiger partial charge in [0, 0.05) is 38.4 Å². The van der Waals surface area contributed by atoms with Crippen LogP contribution in [-0.2, 0) is 0 Å². The van der Waals surface area contributed by atoms with Crippen LogP contribution in [0.3, 0.4) is 0 Å². The Hall–Kier alpha value is -2.93. The van der Waals surface area contributed by atoms with Crippen LogP contribution in [0.25, 0.3) is 0 Å². The van der Waals surface area contributed by atoms with Crippen LogP contribution >= 0.6 is 0 Å². The van der Waals surface area contributed by atoms with Gasteiger partial charge in [-0.2, -0.15) is 0 Å². The van der Waals surface area contributed by atoms with E-state index < -0.39 is 11.6 Å². The van der Waals surface area contributed by atoms with Gasteiger partial charge in [0.05, 0.1) is 12.2 Å². The first-order valence-corrected chi connectivity index (χ1v) is 11.1. The number of nitrogens with zero attached hydrogens (tertiary/aromatic N) is 2. The van der Waals surface area contributed by atoms with Gasteiger partial charge < -0.3 is 19.3 Å². The fourth-order valence-electron chi connectivity index (χ4n) is 4.16. The van der Waals surface area contributed by atoms with Crippen molar-refractivity contribution in [1.29, 1.82) is 0 Å². The van der Waals surface area contributed by atoms with Crippen molar-refractivity contribution in [3.8, 4) is 11.5 Å². The maximum atomic E-state index is 13.2. The Morgan fingerprint density at radius 2 is 1.91 bits per heavy atom. The predicted octanol–water partition coefficient (Wildman–Crippen LogP) is 4.64. The van der Waals surface area contributed by atoms with Crippen molar-refractivity contribution in [3.63, 3.8) is 0 Å². The van der Waals surface area contributed by atoms with Gasteiger partial charge >= 0.3 is 0 Å². The minimum atomic E-state index is -0.889.